The van der Waals surface area contributed by atoms with Gasteiger partial charge in [-0.2, -0.15) is 0 Å². The normalized spacial score (nSPS) is 19.5. The van der Waals surface area contributed by atoms with Crippen LogP contribution in [0.1, 0.15) is 24.0 Å². The summed E-state index contributed by atoms with van der Waals surface area (Å²) in [7, 11) is 0. The Labute approximate surface area is 134 Å². The van der Waals surface area contributed by atoms with Gasteiger partial charge in [-0.25, -0.2) is 0 Å². The molecule has 0 radical (unpaired) electrons. The van der Waals surface area contributed by atoms with Gasteiger partial charge >= 0.3 is 0 Å². The Kier molecular flexibility index (Phi) is 4.24. The number of carbonyl (C=O) groups excluding carboxylic acids is 1. The van der Waals surface area contributed by atoms with Crippen LogP contribution in [0.2, 0.25) is 0 Å². The van der Waals surface area contributed by atoms with E-state index in [4.69, 9.17) is 4.42 Å². The molecular weight excluding hydrogens is 296 g/mol. The zero-order chi connectivity index (χ0) is 15.5. The molecule has 1 atom stereocenters. The first kappa shape index (κ1) is 14.8. The summed E-state index contributed by atoms with van der Waals surface area (Å²) in [6.45, 7) is 4.01. The van der Waals surface area contributed by atoms with Crippen molar-refractivity contribution in [3.8, 4) is 0 Å². The highest BCUT2D eigenvalue weighted by molar-refractivity contribution is 8.05. The number of aryl methyl sites for hydroxylation is 2. The van der Waals surface area contributed by atoms with E-state index < -0.39 is 0 Å². The van der Waals surface area contributed by atoms with Crippen LogP contribution in [0, 0.1) is 6.92 Å². The summed E-state index contributed by atoms with van der Waals surface area (Å²) in [6, 6.07) is 12.0. The molecular formula is C17H18N2O2S. The second-order valence-corrected chi connectivity index (χ2v) is 6.27. The van der Waals surface area contributed by atoms with Crippen LogP contribution in [0.4, 0.5) is 5.69 Å². The summed E-state index contributed by atoms with van der Waals surface area (Å²) in [5, 5.41) is 6.21. The summed E-state index contributed by atoms with van der Waals surface area (Å²) < 4.78 is 5.48. The Bertz CT molecular complexity index is 704. The number of carbonyl (C=O) groups is 1. The average molecular weight is 314 g/mol. The molecule has 0 saturated carbocycles. The minimum Gasteiger partial charge on any atom is -0.462 e. The highest BCUT2D eigenvalue weighted by Gasteiger charge is 2.27. The molecule has 114 valence electrons. The summed E-state index contributed by atoms with van der Waals surface area (Å²) in [4.78, 5) is 12.7. The largest absolute Gasteiger partial charge is 0.462 e. The van der Waals surface area contributed by atoms with Gasteiger partial charge in [0.05, 0.1) is 4.91 Å². The van der Waals surface area contributed by atoms with Crippen LogP contribution in [0.3, 0.4) is 0 Å². The van der Waals surface area contributed by atoms with Crippen LogP contribution < -0.4 is 10.6 Å². The van der Waals surface area contributed by atoms with Crippen molar-refractivity contribution in [3.05, 3.63) is 58.4 Å². The number of amides is 1. The van der Waals surface area contributed by atoms with Crippen LogP contribution in [0.5, 0.6) is 0 Å². The second-order valence-electron chi connectivity index (χ2n) is 5.12. The molecule has 0 bridgehead atoms. The average Bonchev–Trinajstić information content (AvgIpc) is 3.06. The molecule has 1 aromatic carbocycles. The van der Waals surface area contributed by atoms with E-state index in [9.17, 15) is 4.79 Å². The monoisotopic (exact) mass is 314 g/mol. The van der Waals surface area contributed by atoms with Gasteiger partial charge in [-0.05, 0) is 43.2 Å². The lowest BCUT2D eigenvalue weighted by atomic mass is 10.1. The molecule has 2 N–H and O–H groups in total. The van der Waals surface area contributed by atoms with Crippen molar-refractivity contribution in [2.75, 3.05) is 5.32 Å². The topological polar surface area (TPSA) is 54.3 Å². The molecule has 1 amide bonds. The Balaban J connectivity index is 1.67. The Morgan fingerprint density at radius 2 is 2.05 bits per heavy atom. The lowest BCUT2D eigenvalue weighted by molar-refractivity contribution is -0.116. The first-order valence-electron chi connectivity index (χ1n) is 7.25. The van der Waals surface area contributed by atoms with Gasteiger partial charge in [0.2, 0.25) is 0 Å². The smallest absolute Gasteiger partial charge is 0.260 e. The van der Waals surface area contributed by atoms with Crippen molar-refractivity contribution in [1.82, 2.24) is 5.32 Å². The molecule has 4 nitrogen and oxygen atoms in total. The third-order valence-corrected chi connectivity index (χ3v) is 4.45. The third kappa shape index (κ3) is 3.36. The number of anilines is 1. The van der Waals surface area contributed by atoms with Gasteiger partial charge in [-0.3, -0.25) is 4.79 Å². The molecule has 1 aromatic heterocycles. The molecule has 0 unspecified atom stereocenters. The van der Waals surface area contributed by atoms with Gasteiger partial charge < -0.3 is 15.1 Å². The van der Waals surface area contributed by atoms with E-state index in [1.807, 2.05) is 31.2 Å². The Morgan fingerprint density at radius 1 is 1.27 bits per heavy atom. The van der Waals surface area contributed by atoms with E-state index >= 15 is 0 Å². The van der Waals surface area contributed by atoms with Crippen LogP contribution in [-0.2, 0) is 11.2 Å². The Morgan fingerprint density at radius 3 is 2.68 bits per heavy atom. The maximum Gasteiger partial charge on any atom is 0.260 e. The molecule has 5 heteroatoms. The maximum atomic E-state index is 12.0. The number of nitrogens with one attached hydrogen (secondary N) is 2. The van der Waals surface area contributed by atoms with Crippen LogP contribution in [-0.4, -0.2) is 11.4 Å². The van der Waals surface area contributed by atoms with Gasteiger partial charge in [-0.1, -0.05) is 30.8 Å². The second kappa shape index (κ2) is 6.32. The number of benzene rings is 1. The van der Waals surface area contributed by atoms with Gasteiger partial charge in [0, 0.05) is 11.8 Å². The lowest BCUT2D eigenvalue weighted by Gasteiger charge is -2.12. The van der Waals surface area contributed by atoms with E-state index in [0.29, 0.717) is 10.7 Å². The quantitative estimate of drug-likeness (QED) is 0.844. The predicted octanol–water partition coefficient (Wildman–Crippen LogP) is 3.75. The van der Waals surface area contributed by atoms with Gasteiger partial charge in [-0.15, -0.1) is 0 Å². The molecule has 1 saturated heterocycles. The van der Waals surface area contributed by atoms with Crippen LogP contribution in [0.25, 0.3) is 6.08 Å². The van der Waals surface area contributed by atoms with Gasteiger partial charge in [0.15, 0.2) is 5.50 Å². The van der Waals surface area contributed by atoms with Crippen molar-refractivity contribution in [1.29, 1.82) is 0 Å². The molecule has 3 rings (SSSR count). The summed E-state index contributed by atoms with van der Waals surface area (Å²) >= 11 is 1.46. The predicted molar refractivity (Wildman–Crippen MR) is 90.4 cm³/mol. The molecule has 22 heavy (non-hydrogen) atoms. The SMILES string of the molecule is CCc1ccc(N[C@H]2NC(=O)/C(=C/c3ccc(C)o3)S2)cc1. The maximum absolute atomic E-state index is 12.0. The first-order valence-corrected chi connectivity index (χ1v) is 8.13. The van der Waals surface area contributed by atoms with Crippen LogP contribution in [0.15, 0.2) is 45.7 Å². The van der Waals surface area contributed by atoms with Gasteiger partial charge in [0.1, 0.15) is 11.5 Å². The lowest BCUT2D eigenvalue weighted by Crippen LogP contribution is -2.30. The van der Waals surface area contributed by atoms with Crippen molar-refractivity contribution in [2.45, 2.75) is 25.8 Å². The highest BCUT2D eigenvalue weighted by Crippen LogP contribution is 2.30. The number of thioether (sulfide) groups is 1. The first-order chi connectivity index (χ1) is 10.6. The number of rotatable bonds is 4. The van der Waals surface area contributed by atoms with E-state index in [1.165, 1.54) is 17.3 Å². The van der Waals surface area contributed by atoms with Crippen molar-refractivity contribution < 1.29 is 9.21 Å². The fourth-order valence-electron chi connectivity index (χ4n) is 2.21. The molecule has 1 aliphatic heterocycles. The zero-order valence-electron chi connectivity index (χ0n) is 12.6. The Hall–Kier alpha value is -2.14. The van der Waals surface area contributed by atoms with Crippen LogP contribution >= 0.6 is 11.8 Å². The highest BCUT2D eigenvalue weighted by atomic mass is 32.2. The third-order valence-electron chi connectivity index (χ3n) is 3.43. The standard InChI is InChI=1S/C17H18N2O2S/c1-3-12-5-7-13(8-6-12)18-17-19-16(20)15(22-17)10-14-9-4-11(2)21-14/h4-10,17-18H,3H2,1-2H3,(H,19,20)/b15-10-/t17-/m0/s1. The fourth-order valence-corrected chi connectivity index (χ4v) is 3.18. The summed E-state index contributed by atoms with van der Waals surface area (Å²) in [5.41, 5.74) is 2.12. The summed E-state index contributed by atoms with van der Waals surface area (Å²) in [5.74, 6) is 1.45. The minimum atomic E-state index is -0.165. The number of furan rings is 1. The van der Waals surface area contributed by atoms with E-state index in [1.54, 1.807) is 6.08 Å². The number of hydrogen-bond donors (Lipinski definition) is 2. The fraction of sp³-hybridized carbons (Fsp3) is 0.235. The molecule has 1 fully saturated rings. The molecule has 2 aromatic rings. The van der Waals surface area contributed by atoms with E-state index in [-0.39, 0.29) is 11.4 Å². The van der Waals surface area contributed by atoms with Gasteiger partial charge in [0.25, 0.3) is 5.91 Å². The molecule has 2 heterocycles. The molecule has 0 spiro atoms. The van der Waals surface area contributed by atoms with Crippen molar-refractivity contribution in [2.24, 2.45) is 0 Å². The summed E-state index contributed by atoms with van der Waals surface area (Å²) in [6.07, 6.45) is 2.79. The molecule has 0 aliphatic carbocycles. The van der Waals surface area contributed by atoms with E-state index in [2.05, 4.69) is 29.7 Å². The molecule has 1 aliphatic rings. The zero-order valence-corrected chi connectivity index (χ0v) is 13.4. The number of hydrogen-bond acceptors (Lipinski definition) is 4. The van der Waals surface area contributed by atoms with E-state index in [0.717, 1.165) is 17.9 Å². The van der Waals surface area contributed by atoms with Crippen molar-refractivity contribution in [3.63, 3.8) is 0 Å². The minimum absolute atomic E-state index is 0.0817. The van der Waals surface area contributed by atoms with Crippen molar-refractivity contribution >= 4 is 29.4 Å².